The number of alkyl halides is 3. The van der Waals surface area contributed by atoms with Gasteiger partial charge in [-0.2, -0.15) is 13.2 Å². The van der Waals surface area contributed by atoms with E-state index in [1.165, 1.54) is 0 Å². The fourth-order valence-corrected chi connectivity index (χ4v) is 1.06. The molecule has 16 heavy (non-hydrogen) atoms. The molecule has 0 saturated heterocycles. The summed E-state index contributed by atoms with van der Waals surface area (Å²) in [5, 5.41) is 1.83. The van der Waals surface area contributed by atoms with Crippen molar-refractivity contribution in [3.63, 3.8) is 0 Å². The molecule has 0 saturated carbocycles. The van der Waals surface area contributed by atoms with E-state index in [9.17, 15) is 18.0 Å². The monoisotopic (exact) mass is 241 g/mol. The largest absolute Gasteiger partial charge is 0.444 e. The van der Waals surface area contributed by atoms with Gasteiger partial charge in [0.15, 0.2) is 0 Å². The fraction of sp³-hybridized carbons (Fsp3) is 0.900. The first-order chi connectivity index (χ1) is 7.06. The maximum atomic E-state index is 12.4. The molecule has 0 spiro atoms. The van der Waals surface area contributed by atoms with Crippen molar-refractivity contribution in [1.82, 2.24) is 5.32 Å². The van der Waals surface area contributed by atoms with Gasteiger partial charge in [-0.05, 0) is 27.2 Å². The van der Waals surface area contributed by atoms with Gasteiger partial charge in [-0.1, -0.05) is 13.3 Å². The highest BCUT2D eigenvalue weighted by molar-refractivity contribution is 5.68. The average molecular weight is 241 g/mol. The first-order valence-corrected chi connectivity index (χ1v) is 5.12. The highest BCUT2D eigenvalue weighted by atomic mass is 19.4. The summed E-state index contributed by atoms with van der Waals surface area (Å²) in [6, 6.07) is -1.84. The van der Waals surface area contributed by atoms with Gasteiger partial charge in [-0.3, -0.25) is 0 Å². The summed E-state index contributed by atoms with van der Waals surface area (Å²) >= 11 is 0. The van der Waals surface area contributed by atoms with Gasteiger partial charge in [0.1, 0.15) is 11.6 Å². The van der Waals surface area contributed by atoms with Gasteiger partial charge in [0.05, 0.1) is 0 Å². The van der Waals surface area contributed by atoms with Crippen LogP contribution in [0.1, 0.15) is 40.5 Å². The van der Waals surface area contributed by atoms with Gasteiger partial charge in [0, 0.05) is 0 Å². The minimum atomic E-state index is -4.44. The Morgan fingerprint density at radius 1 is 1.31 bits per heavy atom. The molecule has 0 aromatic carbocycles. The van der Waals surface area contributed by atoms with Crippen LogP contribution in [0, 0.1) is 0 Å². The van der Waals surface area contributed by atoms with Gasteiger partial charge in [0.2, 0.25) is 0 Å². The van der Waals surface area contributed by atoms with Gasteiger partial charge in [-0.15, -0.1) is 0 Å². The normalized spacial score (nSPS) is 14.4. The first kappa shape index (κ1) is 15.1. The SMILES string of the molecule is CCCC(NC(=O)OC(C)(C)C)C(F)(F)F. The Balaban J connectivity index is 4.36. The van der Waals surface area contributed by atoms with E-state index in [4.69, 9.17) is 4.74 Å². The van der Waals surface area contributed by atoms with Crippen molar-refractivity contribution < 1.29 is 22.7 Å². The first-order valence-electron chi connectivity index (χ1n) is 5.12. The lowest BCUT2D eigenvalue weighted by Gasteiger charge is -2.24. The summed E-state index contributed by atoms with van der Waals surface area (Å²) in [5.41, 5.74) is -0.799. The molecule has 1 unspecified atom stereocenters. The second-order valence-corrected chi connectivity index (χ2v) is 4.53. The number of hydrogen-bond donors (Lipinski definition) is 1. The van der Waals surface area contributed by atoms with Crippen LogP contribution in [-0.2, 0) is 4.74 Å². The lowest BCUT2D eigenvalue weighted by molar-refractivity contribution is -0.156. The molecule has 0 fully saturated rings. The standard InChI is InChI=1S/C10H18F3NO2/c1-5-6-7(10(11,12)13)14-8(15)16-9(2,3)4/h7H,5-6H2,1-4H3,(H,14,15). The maximum Gasteiger partial charge on any atom is 0.408 e. The van der Waals surface area contributed by atoms with Crippen molar-refractivity contribution in [2.24, 2.45) is 0 Å². The number of amides is 1. The van der Waals surface area contributed by atoms with E-state index in [0.717, 1.165) is 0 Å². The summed E-state index contributed by atoms with van der Waals surface area (Å²) in [6.45, 7) is 6.40. The molecule has 1 atom stereocenters. The molecule has 1 N–H and O–H groups in total. The summed E-state index contributed by atoms with van der Waals surface area (Å²) in [5.74, 6) is 0. The van der Waals surface area contributed by atoms with Crippen molar-refractivity contribution >= 4 is 6.09 Å². The summed E-state index contributed by atoms with van der Waals surface area (Å²) in [7, 11) is 0. The molecule has 0 aliphatic carbocycles. The van der Waals surface area contributed by atoms with E-state index < -0.39 is 23.9 Å². The second-order valence-electron chi connectivity index (χ2n) is 4.53. The zero-order chi connectivity index (χ0) is 13.0. The predicted octanol–water partition coefficient (Wildman–Crippen LogP) is 3.24. The number of nitrogens with one attached hydrogen (secondary N) is 1. The molecule has 3 nitrogen and oxygen atoms in total. The molecule has 0 bridgehead atoms. The van der Waals surface area contributed by atoms with Crippen LogP contribution in [0.25, 0.3) is 0 Å². The Morgan fingerprint density at radius 2 is 1.81 bits per heavy atom. The van der Waals surface area contributed by atoms with E-state index in [-0.39, 0.29) is 6.42 Å². The van der Waals surface area contributed by atoms with Gasteiger partial charge >= 0.3 is 12.3 Å². The molecule has 96 valence electrons. The molecule has 0 aliphatic heterocycles. The minimum Gasteiger partial charge on any atom is -0.444 e. The van der Waals surface area contributed by atoms with E-state index in [1.54, 1.807) is 27.7 Å². The number of rotatable bonds is 3. The zero-order valence-electron chi connectivity index (χ0n) is 9.94. The molecule has 0 aromatic heterocycles. The lowest BCUT2D eigenvalue weighted by atomic mass is 10.1. The summed E-state index contributed by atoms with van der Waals surface area (Å²) in [4.78, 5) is 11.2. The number of carbonyl (C=O) groups is 1. The molecule has 0 aromatic rings. The number of hydrogen-bond acceptors (Lipinski definition) is 2. The van der Waals surface area contributed by atoms with Crippen molar-refractivity contribution in [3.8, 4) is 0 Å². The van der Waals surface area contributed by atoms with Crippen LogP contribution in [0.3, 0.4) is 0 Å². The van der Waals surface area contributed by atoms with E-state index in [1.807, 2.05) is 5.32 Å². The number of ether oxygens (including phenoxy) is 1. The van der Waals surface area contributed by atoms with E-state index in [2.05, 4.69) is 0 Å². The molecule has 0 aliphatic rings. The molecule has 0 rings (SSSR count). The van der Waals surface area contributed by atoms with E-state index in [0.29, 0.717) is 6.42 Å². The van der Waals surface area contributed by atoms with Gasteiger partial charge < -0.3 is 10.1 Å². The third-order valence-electron chi connectivity index (χ3n) is 1.66. The van der Waals surface area contributed by atoms with Crippen molar-refractivity contribution in [2.75, 3.05) is 0 Å². The Morgan fingerprint density at radius 3 is 2.12 bits per heavy atom. The zero-order valence-corrected chi connectivity index (χ0v) is 9.94. The van der Waals surface area contributed by atoms with Crippen LogP contribution < -0.4 is 5.32 Å². The van der Waals surface area contributed by atoms with Crippen LogP contribution in [-0.4, -0.2) is 23.9 Å². The van der Waals surface area contributed by atoms with Crippen LogP contribution in [0.4, 0.5) is 18.0 Å². The topological polar surface area (TPSA) is 38.3 Å². The molecule has 1 amide bonds. The Bertz CT molecular complexity index is 233. The number of halogens is 3. The maximum absolute atomic E-state index is 12.4. The molecular formula is C10H18F3NO2. The lowest BCUT2D eigenvalue weighted by Crippen LogP contribution is -2.47. The molecular weight excluding hydrogens is 223 g/mol. The minimum absolute atomic E-state index is 0.150. The summed E-state index contributed by atoms with van der Waals surface area (Å²) in [6.07, 6.45) is -5.29. The van der Waals surface area contributed by atoms with Crippen LogP contribution in [0.5, 0.6) is 0 Å². The summed E-state index contributed by atoms with van der Waals surface area (Å²) < 4.78 is 42.0. The highest BCUT2D eigenvalue weighted by Crippen LogP contribution is 2.23. The Hall–Kier alpha value is -0.940. The van der Waals surface area contributed by atoms with Gasteiger partial charge in [-0.25, -0.2) is 4.79 Å². The quantitative estimate of drug-likeness (QED) is 0.823. The predicted molar refractivity (Wildman–Crippen MR) is 54.1 cm³/mol. The Kier molecular flexibility index (Phi) is 5.09. The average Bonchev–Trinajstić information content (AvgIpc) is 1.97. The van der Waals surface area contributed by atoms with Gasteiger partial charge in [0.25, 0.3) is 0 Å². The molecule has 0 heterocycles. The third kappa shape index (κ3) is 6.53. The van der Waals surface area contributed by atoms with E-state index >= 15 is 0 Å². The molecule has 0 radical (unpaired) electrons. The van der Waals surface area contributed by atoms with Crippen LogP contribution >= 0.6 is 0 Å². The number of alkyl carbamates (subject to hydrolysis) is 1. The van der Waals surface area contributed by atoms with Crippen molar-refractivity contribution in [3.05, 3.63) is 0 Å². The number of carbonyl (C=O) groups excluding carboxylic acids is 1. The third-order valence-corrected chi connectivity index (χ3v) is 1.66. The smallest absolute Gasteiger partial charge is 0.408 e. The van der Waals surface area contributed by atoms with Crippen molar-refractivity contribution in [1.29, 1.82) is 0 Å². The van der Waals surface area contributed by atoms with Crippen molar-refractivity contribution in [2.45, 2.75) is 58.4 Å². The highest BCUT2D eigenvalue weighted by Gasteiger charge is 2.40. The van der Waals surface area contributed by atoms with Crippen LogP contribution in [0.15, 0.2) is 0 Å². The molecule has 6 heteroatoms. The van der Waals surface area contributed by atoms with Crippen LogP contribution in [0.2, 0.25) is 0 Å². The Labute approximate surface area is 93.3 Å². The fourth-order valence-electron chi connectivity index (χ4n) is 1.06. The second kappa shape index (κ2) is 5.41.